The molecule has 110 valence electrons. The highest BCUT2D eigenvalue weighted by Crippen LogP contribution is 2.20. The summed E-state index contributed by atoms with van der Waals surface area (Å²) in [7, 11) is 0. The second-order valence-corrected chi connectivity index (χ2v) is 5.66. The van der Waals surface area contributed by atoms with Crippen molar-refractivity contribution in [2.24, 2.45) is 0 Å². The Morgan fingerprint density at radius 3 is 2.50 bits per heavy atom. The molecule has 4 N–H and O–H groups in total. The van der Waals surface area contributed by atoms with Gasteiger partial charge < -0.3 is 20.8 Å². The summed E-state index contributed by atoms with van der Waals surface area (Å²) in [6.07, 6.45) is -0.513. The maximum absolute atomic E-state index is 11.5. The third-order valence-corrected chi connectivity index (χ3v) is 3.53. The molecule has 0 spiro atoms. The molecule has 9 heteroatoms. The largest absolute Gasteiger partial charge is 0.481 e. The Labute approximate surface area is 123 Å². The van der Waals surface area contributed by atoms with E-state index in [0.717, 1.165) is 4.88 Å². The Hall–Kier alpha value is -1.80. The van der Waals surface area contributed by atoms with Crippen LogP contribution in [0.3, 0.4) is 0 Å². The van der Waals surface area contributed by atoms with Crippen molar-refractivity contribution in [1.82, 2.24) is 10.6 Å². The van der Waals surface area contributed by atoms with Gasteiger partial charge in [-0.25, -0.2) is 9.59 Å². The molecule has 0 saturated carbocycles. The molecule has 0 aromatic carbocycles. The molecule has 1 atom stereocenters. The maximum Gasteiger partial charge on any atom is 0.326 e. The van der Waals surface area contributed by atoms with E-state index < -0.39 is 24.0 Å². The number of aliphatic carboxylic acids is 2. The fraction of sp³-hybridized carbons (Fsp3) is 0.364. The van der Waals surface area contributed by atoms with Crippen LogP contribution in [0.2, 0.25) is 4.34 Å². The van der Waals surface area contributed by atoms with Crippen LogP contribution in [0.25, 0.3) is 0 Å². The summed E-state index contributed by atoms with van der Waals surface area (Å²) in [5.41, 5.74) is 0. The first-order chi connectivity index (χ1) is 9.38. The number of halogens is 1. The highest BCUT2D eigenvalue weighted by molar-refractivity contribution is 7.16. The Kier molecular flexibility index (Phi) is 6.26. The molecule has 0 bridgehead atoms. The molecule has 2 amide bonds. The highest BCUT2D eigenvalue weighted by atomic mass is 35.5. The summed E-state index contributed by atoms with van der Waals surface area (Å²) in [5, 5.41) is 22.1. The zero-order valence-corrected chi connectivity index (χ0v) is 11.8. The van der Waals surface area contributed by atoms with Crippen molar-refractivity contribution >= 4 is 40.9 Å². The molecule has 0 saturated heterocycles. The lowest BCUT2D eigenvalue weighted by molar-refractivity contribution is -0.140. The van der Waals surface area contributed by atoms with Crippen molar-refractivity contribution in [3.05, 3.63) is 21.3 Å². The monoisotopic (exact) mass is 320 g/mol. The quantitative estimate of drug-likeness (QED) is 0.608. The number of amides is 2. The number of urea groups is 1. The Morgan fingerprint density at radius 2 is 2.00 bits per heavy atom. The molecular weight excluding hydrogens is 308 g/mol. The van der Waals surface area contributed by atoms with Gasteiger partial charge in [-0.15, -0.1) is 11.3 Å². The zero-order valence-electron chi connectivity index (χ0n) is 10.3. The van der Waals surface area contributed by atoms with E-state index in [9.17, 15) is 14.4 Å². The van der Waals surface area contributed by atoms with E-state index in [1.165, 1.54) is 11.3 Å². The van der Waals surface area contributed by atoms with E-state index in [0.29, 0.717) is 4.34 Å². The summed E-state index contributed by atoms with van der Waals surface area (Å²) in [6.45, 7) is 0.217. The predicted octanol–water partition coefficient (Wildman–Crippen LogP) is 1.52. The molecule has 0 radical (unpaired) electrons. The molecular formula is C11H13ClN2O5S. The molecule has 7 nitrogen and oxygen atoms in total. The smallest absolute Gasteiger partial charge is 0.326 e. The molecule has 0 fully saturated rings. The molecule has 0 aliphatic rings. The van der Waals surface area contributed by atoms with Gasteiger partial charge in [-0.2, -0.15) is 0 Å². The van der Waals surface area contributed by atoms with Crippen LogP contribution in [0, 0.1) is 0 Å². The molecule has 0 unspecified atom stereocenters. The number of carboxylic acids is 2. The van der Waals surface area contributed by atoms with Crippen LogP contribution >= 0.6 is 22.9 Å². The minimum atomic E-state index is -1.28. The van der Waals surface area contributed by atoms with E-state index in [2.05, 4.69) is 10.6 Å². The Morgan fingerprint density at radius 1 is 1.30 bits per heavy atom. The number of carbonyl (C=O) groups is 3. The molecule has 20 heavy (non-hydrogen) atoms. The van der Waals surface area contributed by atoms with Gasteiger partial charge in [0.15, 0.2) is 0 Å². The minimum Gasteiger partial charge on any atom is -0.481 e. The summed E-state index contributed by atoms with van der Waals surface area (Å²) < 4.78 is 0.590. The first-order valence-corrected chi connectivity index (χ1v) is 6.81. The number of carboxylic acid groups (broad SMARTS) is 2. The van der Waals surface area contributed by atoms with Crippen molar-refractivity contribution in [3.8, 4) is 0 Å². The third kappa shape index (κ3) is 5.89. The first kappa shape index (κ1) is 16.3. The Bertz CT molecular complexity index is 505. The van der Waals surface area contributed by atoms with Gasteiger partial charge in [0.1, 0.15) is 6.04 Å². The molecule has 1 rings (SSSR count). The van der Waals surface area contributed by atoms with Gasteiger partial charge in [-0.1, -0.05) is 11.6 Å². The van der Waals surface area contributed by atoms with Crippen LogP contribution in [0.1, 0.15) is 17.7 Å². The average Bonchev–Trinajstić information content (AvgIpc) is 2.77. The second-order valence-electron chi connectivity index (χ2n) is 3.86. The number of hydrogen-bond acceptors (Lipinski definition) is 4. The van der Waals surface area contributed by atoms with Crippen molar-refractivity contribution in [1.29, 1.82) is 0 Å². The average molecular weight is 321 g/mol. The Balaban J connectivity index is 2.41. The highest BCUT2D eigenvalue weighted by Gasteiger charge is 2.20. The van der Waals surface area contributed by atoms with E-state index in [4.69, 9.17) is 21.8 Å². The van der Waals surface area contributed by atoms with Crippen LogP contribution in [-0.2, 0) is 16.1 Å². The standard InChI is InChI=1S/C11H13ClN2O5S/c12-8-3-1-6(20-8)5-13-11(19)14-7(10(17)18)2-4-9(15)16/h1,3,7H,2,4-5H2,(H,15,16)(H,17,18)(H2,13,14,19)/t7-/m0/s1. The first-order valence-electron chi connectivity index (χ1n) is 5.61. The van der Waals surface area contributed by atoms with Gasteiger partial charge in [-0.05, 0) is 18.6 Å². The van der Waals surface area contributed by atoms with Crippen LogP contribution in [0.5, 0.6) is 0 Å². The molecule has 1 heterocycles. The second kappa shape index (κ2) is 7.71. The van der Waals surface area contributed by atoms with E-state index in [1.807, 2.05) is 0 Å². The van der Waals surface area contributed by atoms with Gasteiger partial charge in [0.2, 0.25) is 0 Å². The van der Waals surface area contributed by atoms with Crippen LogP contribution in [0.15, 0.2) is 12.1 Å². The number of rotatable bonds is 7. The summed E-state index contributed by atoms with van der Waals surface area (Å²) in [4.78, 5) is 33.6. The zero-order chi connectivity index (χ0) is 15.1. The van der Waals surface area contributed by atoms with Crippen molar-refractivity contribution < 1.29 is 24.6 Å². The lowest BCUT2D eigenvalue weighted by Crippen LogP contribution is -2.45. The van der Waals surface area contributed by atoms with E-state index in [-0.39, 0.29) is 19.4 Å². The SMILES string of the molecule is O=C(O)CC[C@H](NC(=O)NCc1ccc(Cl)s1)C(=O)O. The van der Waals surface area contributed by atoms with Gasteiger partial charge >= 0.3 is 18.0 Å². The lowest BCUT2D eigenvalue weighted by Gasteiger charge is -2.13. The van der Waals surface area contributed by atoms with Gasteiger partial charge in [0, 0.05) is 11.3 Å². The maximum atomic E-state index is 11.5. The normalized spacial score (nSPS) is 11.7. The summed E-state index contributed by atoms with van der Waals surface area (Å²) >= 11 is 7.03. The number of hydrogen-bond donors (Lipinski definition) is 4. The van der Waals surface area contributed by atoms with Crippen LogP contribution in [-0.4, -0.2) is 34.2 Å². The van der Waals surface area contributed by atoms with Crippen molar-refractivity contribution in [2.75, 3.05) is 0 Å². The van der Waals surface area contributed by atoms with Gasteiger partial charge in [0.05, 0.1) is 10.9 Å². The lowest BCUT2D eigenvalue weighted by atomic mass is 10.1. The van der Waals surface area contributed by atoms with Crippen LogP contribution in [0.4, 0.5) is 4.79 Å². The van der Waals surface area contributed by atoms with E-state index >= 15 is 0 Å². The molecule has 1 aromatic heterocycles. The predicted molar refractivity (Wildman–Crippen MR) is 73.0 cm³/mol. The van der Waals surface area contributed by atoms with Crippen molar-refractivity contribution in [3.63, 3.8) is 0 Å². The topological polar surface area (TPSA) is 116 Å². The summed E-state index contributed by atoms with van der Waals surface area (Å²) in [5.74, 6) is -2.40. The van der Waals surface area contributed by atoms with Crippen molar-refractivity contribution in [2.45, 2.75) is 25.4 Å². The third-order valence-electron chi connectivity index (χ3n) is 2.30. The number of carbonyl (C=O) groups excluding carboxylic acids is 1. The fourth-order valence-electron chi connectivity index (χ4n) is 1.35. The molecule has 0 aliphatic heterocycles. The van der Waals surface area contributed by atoms with Crippen LogP contribution < -0.4 is 10.6 Å². The number of thiophene rings is 1. The number of nitrogens with one attached hydrogen (secondary N) is 2. The van der Waals surface area contributed by atoms with Gasteiger partial charge in [-0.3, -0.25) is 4.79 Å². The molecule has 0 aliphatic carbocycles. The fourth-order valence-corrected chi connectivity index (χ4v) is 2.38. The minimum absolute atomic E-state index is 0.178. The summed E-state index contributed by atoms with van der Waals surface area (Å²) in [6, 6.07) is 1.52. The van der Waals surface area contributed by atoms with Gasteiger partial charge in [0.25, 0.3) is 0 Å². The molecule has 1 aromatic rings. The van der Waals surface area contributed by atoms with E-state index in [1.54, 1.807) is 12.1 Å².